The Kier molecular flexibility index (Phi) is 5.23. The van der Waals surface area contributed by atoms with E-state index in [0.717, 1.165) is 11.0 Å². The van der Waals surface area contributed by atoms with Crippen LogP contribution in [0, 0.1) is 0 Å². The van der Waals surface area contributed by atoms with Crippen molar-refractivity contribution >= 4 is 51.9 Å². The molecule has 142 valence electrons. The topological polar surface area (TPSA) is 129 Å². The Hall–Kier alpha value is -2.59. The number of hydrogen-bond acceptors (Lipinski definition) is 8. The van der Waals surface area contributed by atoms with Crippen LogP contribution in [0.15, 0.2) is 46.7 Å². The maximum absolute atomic E-state index is 6.32. The van der Waals surface area contributed by atoms with Gasteiger partial charge >= 0.3 is 0 Å². The number of fused-ring (bicyclic) bond motifs is 1. The van der Waals surface area contributed by atoms with Crippen LogP contribution >= 0.6 is 35.0 Å². The van der Waals surface area contributed by atoms with Gasteiger partial charge in [0.25, 0.3) is 0 Å². The molecule has 0 bridgehead atoms. The highest BCUT2D eigenvalue weighted by atomic mass is 35.5. The van der Waals surface area contributed by atoms with Crippen LogP contribution in [-0.2, 0) is 0 Å². The predicted molar refractivity (Wildman–Crippen MR) is 110 cm³/mol. The van der Waals surface area contributed by atoms with Gasteiger partial charge in [0.05, 0.1) is 21.1 Å². The van der Waals surface area contributed by atoms with E-state index in [9.17, 15) is 0 Å². The molecule has 2 aromatic heterocycles. The Bertz CT molecular complexity index is 1130. The first-order valence-corrected chi connectivity index (χ1v) is 9.57. The highest BCUT2D eigenvalue weighted by Gasteiger charge is 2.16. The number of aromatic nitrogens is 5. The average molecular weight is 434 g/mol. The van der Waals surface area contributed by atoms with Crippen molar-refractivity contribution in [2.24, 2.45) is 5.73 Å². The molecule has 0 aliphatic carbocycles. The van der Waals surface area contributed by atoms with E-state index in [2.05, 4.69) is 24.9 Å². The fourth-order valence-electron chi connectivity index (χ4n) is 2.50. The van der Waals surface area contributed by atoms with Crippen molar-refractivity contribution in [1.29, 1.82) is 0 Å². The van der Waals surface area contributed by atoms with Crippen LogP contribution in [0.4, 0.5) is 5.95 Å². The van der Waals surface area contributed by atoms with E-state index in [4.69, 9.17) is 39.4 Å². The van der Waals surface area contributed by atoms with Gasteiger partial charge in [-0.3, -0.25) is 5.73 Å². The SMILES string of the molecule is NCOc1cc(-c2nc(N)nc(Sc3nc4ccccc4[nH]3)n2)c(Cl)cc1Cl. The first kappa shape index (κ1) is 18.8. The molecule has 0 aliphatic heterocycles. The third kappa shape index (κ3) is 3.83. The van der Waals surface area contributed by atoms with Gasteiger partial charge < -0.3 is 15.5 Å². The van der Waals surface area contributed by atoms with Crippen LogP contribution in [0.2, 0.25) is 10.0 Å². The van der Waals surface area contributed by atoms with E-state index in [1.165, 1.54) is 17.8 Å². The lowest BCUT2D eigenvalue weighted by atomic mass is 10.2. The zero-order chi connectivity index (χ0) is 19.7. The number of rotatable bonds is 5. The van der Waals surface area contributed by atoms with Crippen molar-refractivity contribution in [2.75, 3.05) is 12.5 Å². The lowest BCUT2D eigenvalue weighted by Gasteiger charge is -2.10. The number of halogens is 2. The second-order valence-electron chi connectivity index (χ2n) is 5.53. The summed E-state index contributed by atoms with van der Waals surface area (Å²) in [5.74, 6) is 0.708. The van der Waals surface area contributed by atoms with Crippen LogP contribution in [-0.4, -0.2) is 31.7 Å². The fourth-order valence-corrected chi connectivity index (χ4v) is 3.77. The van der Waals surface area contributed by atoms with Gasteiger partial charge in [0.1, 0.15) is 12.5 Å². The summed E-state index contributed by atoms with van der Waals surface area (Å²) in [6.07, 6.45) is 0. The third-order valence-electron chi connectivity index (χ3n) is 3.69. The van der Waals surface area contributed by atoms with Crippen molar-refractivity contribution in [1.82, 2.24) is 24.9 Å². The molecule has 0 fully saturated rings. The van der Waals surface area contributed by atoms with Gasteiger partial charge in [0, 0.05) is 5.56 Å². The molecule has 0 aliphatic rings. The van der Waals surface area contributed by atoms with E-state index >= 15 is 0 Å². The number of para-hydroxylation sites is 2. The number of nitrogen functional groups attached to an aromatic ring is 1. The predicted octanol–water partition coefficient (Wildman–Crippen LogP) is 3.75. The smallest absolute Gasteiger partial charge is 0.224 e. The highest BCUT2D eigenvalue weighted by Crippen LogP contribution is 2.36. The second-order valence-corrected chi connectivity index (χ2v) is 7.30. The van der Waals surface area contributed by atoms with E-state index in [-0.39, 0.29) is 18.5 Å². The van der Waals surface area contributed by atoms with Crippen molar-refractivity contribution in [3.63, 3.8) is 0 Å². The molecule has 8 nitrogen and oxygen atoms in total. The minimum absolute atomic E-state index is 0.0344. The van der Waals surface area contributed by atoms with Gasteiger partial charge in [-0.25, -0.2) is 9.97 Å². The summed E-state index contributed by atoms with van der Waals surface area (Å²) in [5.41, 5.74) is 13.6. The van der Waals surface area contributed by atoms with Crippen LogP contribution < -0.4 is 16.2 Å². The number of benzene rings is 2. The molecule has 0 saturated carbocycles. The quantitative estimate of drug-likeness (QED) is 0.405. The summed E-state index contributed by atoms with van der Waals surface area (Å²) in [4.78, 5) is 20.5. The lowest BCUT2D eigenvalue weighted by Crippen LogP contribution is -2.08. The zero-order valence-corrected chi connectivity index (χ0v) is 16.5. The maximum Gasteiger partial charge on any atom is 0.224 e. The van der Waals surface area contributed by atoms with Crippen molar-refractivity contribution in [3.8, 4) is 17.1 Å². The monoisotopic (exact) mass is 433 g/mol. The summed E-state index contributed by atoms with van der Waals surface area (Å²) >= 11 is 13.7. The van der Waals surface area contributed by atoms with E-state index in [1.54, 1.807) is 6.07 Å². The van der Waals surface area contributed by atoms with E-state index < -0.39 is 0 Å². The fraction of sp³-hybridized carbons (Fsp3) is 0.0588. The summed E-state index contributed by atoms with van der Waals surface area (Å²) in [6.45, 7) is -0.0344. The number of imidazole rings is 1. The molecule has 2 aromatic carbocycles. The molecule has 4 rings (SSSR count). The van der Waals surface area contributed by atoms with Crippen molar-refractivity contribution in [3.05, 3.63) is 46.4 Å². The number of nitrogens with one attached hydrogen (secondary N) is 1. The van der Waals surface area contributed by atoms with Crippen LogP contribution in [0.25, 0.3) is 22.4 Å². The van der Waals surface area contributed by atoms with Crippen LogP contribution in [0.3, 0.4) is 0 Å². The molecule has 0 saturated heterocycles. The molecule has 0 amide bonds. The first-order chi connectivity index (χ1) is 13.5. The third-order valence-corrected chi connectivity index (χ3v) is 5.05. The minimum Gasteiger partial charge on any atom is -0.477 e. The van der Waals surface area contributed by atoms with Crippen LogP contribution in [0.5, 0.6) is 5.75 Å². The number of H-pyrrole nitrogens is 1. The molecule has 0 atom stereocenters. The Labute approximate surface area is 173 Å². The molecule has 28 heavy (non-hydrogen) atoms. The number of anilines is 1. The molecule has 5 N–H and O–H groups in total. The molecule has 11 heteroatoms. The molecule has 2 heterocycles. The lowest BCUT2D eigenvalue weighted by molar-refractivity contribution is 0.330. The summed E-state index contributed by atoms with van der Waals surface area (Å²) < 4.78 is 5.31. The molecular formula is C17H13Cl2N7OS. The van der Waals surface area contributed by atoms with Gasteiger partial charge in [0.15, 0.2) is 11.0 Å². The molecule has 4 aromatic rings. The largest absolute Gasteiger partial charge is 0.477 e. The Morgan fingerprint density at radius 3 is 2.64 bits per heavy atom. The standard InChI is InChI=1S/C17H13Cl2N7OS/c18-9-6-10(19)13(27-7-20)5-8(9)14-24-15(21)26-17(25-14)28-16-22-11-3-1-2-4-12(11)23-16/h1-6H,7,20H2,(H,22,23)(H2,21,24,25,26). The maximum atomic E-state index is 6.32. The van der Waals surface area contributed by atoms with Gasteiger partial charge in [-0.1, -0.05) is 35.3 Å². The second kappa shape index (κ2) is 7.80. The highest BCUT2D eigenvalue weighted by molar-refractivity contribution is 7.99. The number of nitrogens with two attached hydrogens (primary N) is 2. The van der Waals surface area contributed by atoms with Gasteiger partial charge in [0.2, 0.25) is 11.1 Å². The number of nitrogens with zero attached hydrogens (tertiary/aromatic N) is 4. The average Bonchev–Trinajstić information content (AvgIpc) is 3.05. The zero-order valence-electron chi connectivity index (χ0n) is 14.2. The summed E-state index contributed by atoms with van der Waals surface area (Å²) in [5, 5.41) is 1.68. The van der Waals surface area contributed by atoms with Gasteiger partial charge in [-0.2, -0.15) is 9.97 Å². The van der Waals surface area contributed by atoms with Gasteiger partial charge in [-0.15, -0.1) is 0 Å². The number of ether oxygens (including phenoxy) is 1. The number of aromatic amines is 1. The minimum atomic E-state index is -0.0344. The van der Waals surface area contributed by atoms with Gasteiger partial charge in [-0.05, 0) is 36.0 Å². The Balaban J connectivity index is 1.72. The summed E-state index contributed by atoms with van der Waals surface area (Å²) in [6, 6.07) is 10.8. The summed E-state index contributed by atoms with van der Waals surface area (Å²) in [7, 11) is 0. The molecular weight excluding hydrogens is 421 g/mol. The number of hydrogen-bond donors (Lipinski definition) is 3. The molecule has 0 radical (unpaired) electrons. The molecule has 0 spiro atoms. The van der Waals surface area contributed by atoms with E-state index in [1.807, 2.05) is 24.3 Å². The normalized spacial score (nSPS) is 11.1. The first-order valence-electron chi connectivity index (χ1n) is 8.00. The Morgan fingerprint density at radius 1 is 1.04 bits per heavy atom. The van der Waals surface area contributed by atoms with Crippen molar-refractivity contribution in [2.45, 2.75) is 10.3 Å². The van der Waals surface area contributed by atoms with Crippen molar-refractivity contribution < 1.29 is 4.74 Å². The molecule has 0 unspecified atom stereocenters. The Morgan fingerprint density at radius 2 is 1.86 bits per heavy atom. The van der Waals surface area contributed by atoms with E-state index in [0.29, 0.717) is 31.7 Å². The van der Waals surface area contributed by atoms with Crippen LogP contribution in [0.1, 0.15) is 0 Å².